The van der Waals surface area contributed by atoms with Crippen LogP contribution in [0.4, 0.5) is 0 Å². The van der Waals surface area contributed by atoms with E-state index in [1.165, 1.54) is 24.3 Å². The third kappa shape index (κ3) is 10.3. The van der Waals surface area contributed by atoms with E-state index in [2.05, 4.69) is 20.0 Å². The van der Waals surface area contributed by atoms with Gasteiger partial charge in [-0.25, -0.2) is 39.1 Å². The molecule has 0 aromatic rings. The molecule has 118 valence electrons. The smallest absolute Gasteiger partial charge is 0.211 e. The fourth-order valence-corrected chi connectivity index (χ4v) is 2.00. The SMILES string of the molecule is O=C=NCCCCC(N=C=O)C(CCCCN=C=O)N=C=O. The number of hydrogen-bond acceptors (Lipinski definition) is 8. The Labute approximate surface area is 128 Å². The summed E-state index contributed by atoms with van der Waals surface area (Å²) < 4.78 is 0. The van der Waals surface area contributed by atoms with Crippen LogP contribution in [0.3, 0.4) is 0 Å². The Morgan fingerprint density at radius 1 is 0.591 bits per heavy atom. The Hall–Kier alpha value is -2.48. The summed E-state index contributed by atoms with van der Waals surface area (Å²) in [5.41, 5.74) is 0. The summed E-state index contributed by atoms with van der Waals surface area (Å²) in [7, 11) is 0. The van der Waals surface area contributed by atoms with Gasteiger partial charge in [0.05, 0.1) is 25.2 Å². The van der Waals surface area contributed by atoms with E-state index < -0.39 is 12.1 Å². The number of unbranched alkanes of at least 4 members (excludes halogenated alkanes) is 2. The second kappa shape index (κ2) is 14.9. The highest BCUT2D eigenvalue weighted by Gasteiger charge is 2.20. The van der Waals surface area contributed by atoms with Gasteiger partial charge < -0.3 is 0 Å². The Morgan fingerprint density at radius 3 is 1.32 bits per heavy atom. The van der Waals surface area contributed by atoms with E-state index in [1.807, 2.05) is 0 Å². The van der Waals surface area contributed by atoms with Gasteiger partial charge in [0.15, 0.2) is 0 Å². The molecule has 0 fully saturated rings. The Bertz CT molecular complexity index is 451. The highest BCUT2D eigenvalue weighted by Crippen LogP contribution is 2.17. The van der Waals surface area contributed by atoms with Crippen molar-refractivity contribution in [3.63, 3.8) is 0 Å². The van der Waals surface area contributed by atoms with E-state index in [1.54, 1.807) is 0 Å². The molecule has 0 spiro atoms. The van der Waals surface area contributed by atoms with Gasteiger partial charge in [-0.05, 0) is 38.5 Å². The minimum atomic E-state index is -0.450. The predicted molar refractivity (Wildman–Crippen MR) is 77.5 cm³/mol. The average Bonchev–Trinajstić information content (AvgIpc) is 2.52. The van der Waals surface area contributed by atoms with Gasteiger partial charge in [-0.1, -0.05) is 0 Å². The molecule has 0 aromatic heterocycles. The average molecular weight is 306 g/mol. The summed E-state index contributed by atoms with van der Waals surface area (Å²) in [4.78, 5) is 55.2. The molecule has 0 N–H and O–H groups in total. The molecule has 2 atom stereocenters. The second-order valence-electron chi connectivity index (χ2n) is 4.51. The van der Waals surface area contributed by atoms with Crippen molar-refractivity contribution in [1.29, 1.82) is 0 Å². The van der Waals surface area contributed by atoms with Crippen molar-refractivity contribution in [3.8, 4) is 0 Å². The maximum Gasteiger partial charge on any atom is 0.235 e. The molecule has 0 radical (unpaired) electrons. The molecule has 0 saturated carbocycles. The second-order valence-corrected chi connectivity index (χ2v) is 4.51. The maximum atomic E-state index is 10.5. The van der Waals surface area contributed by atoms with E-state index in [9.17, 15) is 19.2 Å². The van der Waals surface area contributed by atoms with Gasteiger partial charge in [-0.3, -0.25) is 0 Å². The van der Waals surface area contributed by atoms with E-state index in [0.29, 0.717) is 51.6 Å². The first-order chi connectivity index (χ1) is 10.8. The molecule has 0 heterocycles. The summed E-state index contributed by atoms with van der Waals surface area (Å²) in [5.74, 6) is 0. The van der Waals surface area contributed by atoms with Gasteiger partial charge in [0, 0.05) is 0 Å². The van der Waals surface area contributed by atoms with Crippen LogP contribution in [0.2, 0.25) is 0 Å². The fourth-order valence-electron chi connectivity index (χ4n) is 2.00. The molecule has 0 bridgehead atoms. The van der Waals surface area contributed by atoms with Crippen LogP contribution in [0.5, 0.6) is 0 Å². The van der Waals surface area contributed by atoms with Gasteiger partial charge in [-0.2, -0.15) is 0 Å². The van der Waals surface area contributed by atoms with E-state index in [4.69, 9.17) is 0 Å². The first kappa shape index (κ1) is 19.5. The summed E-state index contributed by atoms with van der Waals surface area (Å²) >= 11 is 0. The molecular weight excluding hydrogens is 288 g/mol. The van der Waals surface area contributed by atoms with Crippen LogP contribution in [0.1, 0.15) is 38.5 Å². The number of isocyanates is 4. The Morgan fingerprint density at radius 2 is 1.00 bits per heavy atom. The number of hydrogen-bond donors (Lipinski definition) is 0. The molecule has 2 unspecified atom stereocenters. The molecular formula is C14H18N4O4. The van der Waals surface area contributed by atoms with Crippen LogP contribution >= 0.6 is 0 Å². The van der Waals surface area contributed by atoms with Crippen LogP contribution < -0.4 is 0 Å². The Balaban J connectivity index is 4.45. The van der Waals surface area contributed by atoms with Crippen molar-refractivity contribution < 1.29 is 19.2 Å². The van der Waals surface area contributed by atoms with Crippen molar-refractivity contribution in [2.45, 2.75) is 50.6 Å². The first-order valence-corrected chi connectivity index (χ1v) is 7.01. The van der Waals surface area contributed by atoms with Crippen molar-refractivity contribution in [1.82, 2.24) is 0 Å². The van der Waals surface area contributed by atoms with Crippen LogP contribution in [0.15, 0.2) is 20.0 Å². The predicted octanol–water partition coefficient (Wildman–Crippen LogP) is 1.41. The van der Waals surface area contributed by atoms with Crippen molar-refractivity contribution in [2.24, 2.45) is 20.0 Å². The number of nitrogens with zero attached hydrogens (tertiary/aromatic N) is 4. The lowest BCUT2D eigenvalue weighted by Gasteiger charge is -2.17. The third-order valence-electron chi connectivity index (χ3n) is 3.05. The van der Waals surface area contributed by atoms with Crippen molar-refractivity contribution >= 4 is 24.3 Å². The molecule has 0 aliphatic heterocycles. The van der Waals surface area contributed by atoms with E-state index in [0.717, 1.165) is 0 Å². The molecule has 0 amide bonds. The largest absolute Gasteiger partial charge is 0.235 e. The normalized spacial score (nSPS) is 11.8. The standard InChI is InChI=1S/C14H18N4O4/c19-9-15-7-3-1-5-13(17-11-21)14(18-12-22)6-2-4-8-16-10-20/h13-14H,1-8H2. The van der Waals surface area contributed by atoms with Gasteiger partial charge in [0.1, 0.15) is 0 Å². The van der Waals surface area contributed by atoms with Gasteiger partial charge >= 0.3 is 0 Å². The quantitative estimate of drug-likeness (QED) is 0.290. The van der Waals surface area contributed by atoms with Crippen molar-refractivity contribution in [2.75, 3.05) is 13.1 Å². The van der Waals surface area contributed by atoms with Gasteiger partial charge in [0.2, 0.25) is 24.3 Å². The molecule has 0 aliphatic carbocycles. The maximum absolute atomic E-state index is 10.5. The zero-order valence-electron chi connectivity index (χ0n) is 12.2. The highest BCUT2D eigenvalue weighted by molar-refractivity contribution is 5.36. The number of carbonyl (C=O) groups excluding carboxylic acids is 4. The number of aliphatic imine (C=N–C) groups is 4. The van der Waals surface area contributed by atoms with Crippen LogP contribution in [-0.4, -0.2) is 49.5 Å². The van der Waals surface area contributed by atoms with Gasteiger partial charge in [0.25, 0.3) is 0 Å². The van der Waals surface area contributed by atoms with Gasteiger partial charge in [-0.15, -0.1) is 0 Å². The highest BCUT2D eigenvalue weighted by atomic mass is 16.1. The van der Waals surface area contributed by atoms with E-state index >= 15 is 0 Å². The molecule has 8 heteroatoms. The summed E-state index contributed by atoms with van der Waals surface area (Å²) in [6, 6.07) is -0.900. The number of rotatable bonds is 13. The lowest BCUT2D eigenvalue weighted by atomic mass is 9.98. The summed E-state index contributed by atoms with van der Waals surface area (Å²) in [6.45, 7) is 0.735. The zero-order valence-corrected chi connectivity index (χ0v) is 12.2. The Kier molecular flexibility index (Phi) is 13.2. The van der Waals surface area contributed by atoms with E-state index in [-0.39, 0.29) is 0 Å². The van der Waals surface area contributed by atoms with Crippen LogP contribution in [-0.2, 0) is 19.2 Å². The minimum Gasteiger partial charge on any atom is -0.211 e. The van der Waals surface area contributed by atoms with Crippen LogP contribution in [0, 0.1) is 0 Å². The fraction of sp³-hybridized carbons (Fsp3) is 0.714. The molecule has 0 aromatic carbocycles. The molecule has 22 heavy (non-hydrogen) atoms. The monoisotopic (exact) mass is 306 g/mol. The summed E-state index contributed by atoms with van der Waals surface area (Å²) in [6.07, 6.45) is 9.65. The molecule has 0 aliphatic rings. The zero-order chi connectivity index (χ0) is 16.5. The third-order valence-corrected chi connectivity index (χ3v) is 3.05. The van der Waals surface area contributed by atoms with Crippen LogP contribution in [0.25, 0.3) is 0 Å². The molecule has 8 nitrogen and oxygen atoms in total. The lowest BCUT2D eigenvalue weighted by Crippen LogP contribution is -2.23. The summed E-state index contributed by atoms with van der Waals surface area (Å²) in [5, 5.41) is 0. The first-order valence-electron chi connectivity index (χ1n) is 7.01. The molecule has 0 saturated heterocycles. The lowest BCUT2D eigenvalue weighted by molar-refractivity contribution is 0.437. The topological polar surface area (TPSA) is 118 Å². The molecule has 0 rings (SSSR count). The van der Waals surface area contributed by atoms with Crippen molar-refractivity contribution in [3.05, 3.63) is 0 Å². The minimum absolute atomic E-state index is 0.367.